The lowest BCUT2D eigenvalue weighted by molar-refractivity contribution is -0.118. The largest absolute Gasteiger partial charge is 0.483 e. The molecule has 0 unspecified atom stereocenters. The number of halogens is 1. The Balaban J connectivity index is 1.70. The Morgan fingerprint density at radius 2 is 1.76 bits per heavy atom. The van der Waals surface area contributed by atoms with E-state index in [4.69, 9.17) is 4.74 Å². The molecule has 3 aromatic rings. The summed E-state index contributed by atoms with van der Waals surface area (Å²) in [7, 11) is 0. The highest BCUT2D eigenvalue weighted by Gasteiger charge is 2.13. The molecule has 3 aromatic carbocycles. The molecule has 0 heterocycles. The highest BCUT2D eigenvalue weighted by molar-refractivity contribution is 6.09. The molecule has 0 saturated carbocycles. The van der Waals surface area contributed by atoms with Crippen LogP contribution in [0.5, 0.6) is 5.75 Å². The fourth-order valence-electron chi connectivity index (χ4n) is 2.97. The van der Waals surface area contributed by atoms with Crippen molar-refractivity contribution in [2.45, 2.75) is 13.8 Å². The molecule has 0 aliphatic rings. The lowest BCUT2D eigenvalue weighted by atomic mass is 10.1. The fraction of sp³-hybridized carbons (Fsp3) is 0.115. The second-order valence-corrected chi connectivity index (χ2v) is 7.32. The van der Waals surface area contributed by atoms with Crippen LogP contribution in [0.3, 0.4) is 0 Å². The lowest BCUT2D eigenvalue weighted by Gasteiger charge is -2.12. The Kier molecular flexibility index (Phi) is 7.55. The second kappa shape index (κ2) is 10.7. The van der Waals surface area contributed by atoms with Crippen molar-refractivity contribution < 1.29 is 18.7 Å². The van der Waals surface area contributed by atoms with E-state index in [2.05, 4.69) is 10.6 Å². The van der Waals surface area contributed by atoms with Crippen molar-refractivity contribution in [3.63, 3.8) is 0 Å². The van der Waals surface area contributed by atoms with E-state index in [1.807, 2.05) is 38.1 Å². The summed E-state index contributed by atoms with van der Waals surface area (Å²) in [5.41, 5.74) is 3.31. The molecule has 2 amide bonds. The number of amides is 2. The van der Waals surface area contributed by atoms with E-state index in [1.54, 1.807) is 24.3 Å². The van der Waals surface area contributed by atoms with Gasteiger partial charge in [-0.1, -0.05) is 30.3 Å². The van der Waals surface area contributed by atoms with Gasteiger partial charge in [-0.3, -0.25) is 9.59 Å². The van der Waals surface area contributed by atoms with Gasteiger partial charge >= 0.3 is 0 Å². The zero-order valence-electron chi connectivity index (χ0n) is 18.2. The summed E-state index contributed by atoms with van der Waals surface area (Å²) >= 11 is 0. The van der Waals surface area contributed by atoms with Gasteiger partial charge in [-0.05, 0) is 67.4 Å². The van der Waals surface area contributed by atoms with E-state index in [-0.39, 0.29) is 18.1 Å². The normalized spacial score (nSPS) is 10.8. The Labute approximate surface area is 191 Å². The maximum Gasteiger partial charge on any atom is 0.266 e. The number of nitrogens with one attached hydrogen (secondary N) is 2. The van der Waals surface area contributed by atoms with Gasteiger partial charge in [-0.2, -0.15) is 5.26 Å². The molecule has 3 rings (SSSR count). The molecule has 0 bridgehead atoms. The van der Waals surface area contributed by atoms with E-state index in [0.717, 1.165) is 11.1 Å². The number of anilines is 2. The van der Waals surface area contributed by atoms with Gasteiger partial charge in [-0.25, -0.2) is 4.39 Å². The number of hydrogen-bond donors (Lipinski definition) is 2. The summed E-state index contributed by atoms with van der Waals surface area (Å²) in [6.07, 6.45) is 1.37. The van der Waals surface area contributed by atoms with Crippen molar-refractivity contribution in [2.75, 3.05) is 17.2 Å². The van der Waals surface area contributed by atoms with Gasteiger partial charge < -0.3 is 15.4 Å². The van der Waals surface area contributed by atoms with Crippen molar-refractivity contribution in [1.29, 1.82) is 5.26 Å². The smallest absolute Gasteiger partial charge is 0.266 e. The summed E-state index contributed by atoms with van der Waals surface area (Å²) in [6, 6.07) is 19.6. The van der Waals surface area contributed by atoms with Crippen LogP contribution in [0.1, 0.15) is 16.7 Å². The number of hydrogen-bond acceptors (Lipinski definition) is 4. The molecular formula is C26H22FN3O3. The van der Waals surface area contributed by atoms with Crippen LogP contribution in [-0.2, 0) is 9.59 Å². The molecule has 0 aromatic heterocycles. The second-order valence-electron chi connectivity index (χ2n) is 7.32. The van der Waals surface area contributed by atoms with Gasteiger partial charge in [0.1, 0.15) is 23.2 Å². The monoisotopic (exact) mass is 443 g/mol. The van der Waals surface area contributed by atoms with Crippen LogP contribution in [0.2, 0.25) is 0 Å². The van der Waals surface area contributed by atoms with Crippen LogP contribution in [0.4, 0.5) is 15.8 Å². The third-order valence-electron chi connectivity index (χ3n) is 4.71. The number of aryl methyl sites for hydroxylation is 2. The first kappa shape index (κ1) is 23.2. The SMILES string of the molecule is Cc1ccc(C)c(NC(=O)COc2ccccc2/C=C(\C#N)C(=O)Nc2ccc(F)cc2)c1. The van der Waals surface area contributed by atoms with Crippen molar-refractivity contribution in [3.8, 4) is 11.8 Å². The van der Waals surface area contributed by atoms with Gasteiger partial charge in [0.25, 0.3) is 11.8 Å². The molecule has 0 atom stereocenters. The van der Waals surface area contributed by atoms with Gasteiger partial charge in [0.05, 0.1) is 0 Å². The van der Waals surface area contributed by atoms with Crippen molar-refractivity contribution in [1.82, 2.24) is 0 Å². The third-order valence-corrected chi connectivity index (χ3v) is 4.71. The van der Waals surface area contributed by atoms with Gasteiger partial charge in [-0.15, -0.1) is 0 Å². The molecule has 0 fully saturated rings. The number of nitrogens with zero attached hydrogens (tertiary/aromatic N) is 1. The molecule has 0 radical (unpaired) electrons. The number of carbonyl (C=O) groups is 2. The zero-order valence-corrected chi connectivity index (χ0v) is 18.2. The van der Waals surface area contributed by atoms with Gasteiger partial charge in [0, 0.05) is 16.9 Å². The molecule has 33 heavy (non-hydrogen) atoms. The first-order valence-corrected chi connectivity index (χ1v) is 10.1. The minimum absolute atomic E-state index is 0.171. The summed E-state index contributed by atoms with van der Waals surface area (Å²) in [5.74, 6) is -1.07. The van der Waals surface area contributed by atoms with E-state index in [1.165, 1.54) is 30.3 Å². The molecule has 0 aliphatic carbocycles. The van der Waals surface area contributed by atoms with Crippen molar-refractivity contribution in [3.05, 3.63) is 94.8 Å². The van der Waals surface area contributed by atoms with Crippen LogP contribution in [0.15, 0.2) is 72.3 Å². The molecule has 2 N–H and O–H groups in total. The Hall–Kier alpha value is -4.44. The minimum Gasteiger partial charge on any atom is -0.483 e. The Morgan fingerprint density at radius 1 is 1.03 bits per heavy atom. The minimum atomic E-state index is -0.647. The molecular weight excluding hydrogens is 421 g/mol. The number of ether oxygens (including phenoxy) is 1. The van der Waals surface area contributed by atoms with Crippen molar-refractivity contribution in [2.24, 2.45) is 0 Å². The highest BCUT2D eigenvalue weighted by atomic mass is 19.1. The standard InChI is InChI=1S/C26H22FN3O3/c1-17-7-8-18(2)23(13-17)30-25(31)16-33-24-6-4-3-5-19(24)14-20(15-28)26(32)29-22-11-9-21(27)10-12-22/h3-14H,16H2,1-2H3,(H,29,32)(H,30,31)/b20-14+. The highest BCUT2D eigenvalue weighted by Crippen LogP contribution is 2.22. The quantitative estimate of drug-likeness (QED) is 0.397. The van der Waals surface area contributed by atoms with Crippen LogP contribution in [-0.4, -0.2) is 18.4 Å². The summed E-state index contributed by atoms with van der Waals surface area (Å²) in [4.78, 5) is 24.9. The molecule has 166 valence electrons. The van der Waals surface area contributed by atoms with E-state index in [9.17, 15) is 19.2 Å². The zero-order chi connectivity index (χ0) is 23.8. The maximum atomic E-state index is 13.1. The molecule has 6 nitrogen and oxygen atoms in total. The van der Waals surface area contributed by atoms with E-state index < -0.39 is 11.7 Å². The fourth-order valence-corrected chi connectivity index (χ4v) is 2.97. The molecule has 0 spiro atoms. The number of para-hydroxylation sites is 1. The first-order valence-electron chi connectivity index (χ1n) is 10.1. The summed E-state index contributed by atoms with van der Waals surface area (Å²) < 4.78 is 18.7. The molecule has 7 heteroatoms. The maximum absolute atomic E-state index is 13.1. The summed E-state index contributed by atoms with van der Waals surface area (Å²) in [5, 5.41) is 14.8. The first-order chi connectivity index (χ1) is 15.9. The van der Waals surface area contributed by atoms with Gasteiger partial charge in [0.2, 0.25) is 0 Å². The van der Waals surface area contributed by atoms with Crippen LogP contribution in [0, 0.1) is 31.0 Å². The average Bonchev–Trinajstić information content (AvgIpc) is 2.80. The molecule has 0 aliphatic heterocycles. The number of rotatable bonds is 7. The average molecular weight is 443 g/mol. The predicted octanol–water partition coefficient (Wildman–Crippen LogP) is 5.01. The number of nitriles is 1. The third kappa shape index (κ3) is 6.52. The van der Waals surface area contributed by atoms with E-state index in [0.29, 0.717) is 22.7 Å². The van der Waals surface area contributed by atoms with Crippen molar-refractivity contribution >= 4 is 29.3 Å². The molecule has 0 saturated heterocycles. The van der Waals surface area contributed by atoms with Gasteiger partial charge in [0.15, 0.2) is 6.61 Å². The number of carbonyl (C=O) groups excluding carboxylic acids is 2. The van der Waals surface area contributed by atoms with Crippen LogP contribution >= 0.6 is 0 Å². The van der Waals surface area contributed by atoms with Crippen LogP contribution < -0.4 is 15.4 Å². The number of benzene rings is 3. The summed E-state index contributed by atoms with van der Waals surface area (Å²) in [6.45, 7) is 3.59. The lowest BCUT2D eigenvalue weighted by Crippen LogP contribution is -2.21. The Morgan fingerprint density at radius 3 is 2.48 bits per heavy atom. The predicted molar refractivity (Wildman–Crippen MR) is 125 cm³/mol. The van der Waals surface area contributed by atoms with Crippen LogP contribution in [0.25, 0.3) is 6.08 Å². The topological polar surface area (TPSA) is 91.2 Å². The Bertz CT molecular complexity index is 1240. The van der Waals surface area contributed by atoms with E-state index >= 15 is 0 Å².